The van der Waals surface area contributed by atoms with Crippen molar-refractivity contribution in [1.29, 1.82) is 5.26 Å². The molecule has 10 nitrogen and oxygen atoms in total. The summed E-state index contributed by atoms with van der Waals surface area (Å²) < 4.78 is 0. The highest BCUT2D eigenvalue weighted by Crippen LogP contribution is 2.39. The summed E-state index contributed by atoms with van der Waals surface area (Å²) in [6, 6.07) is 17.6. The van der Waals surface area contributed by atoms with Gasteiger partial charge >= 0.3 is 0 Å². The van der Waals surface area contributed by atoms with E-state index in [1.165, 1.54) is 17.3 Å². The summed E-state index contributed by atoms with van der Waals surface area (Å²) in [4.78, 5) is 46.3. The monoisotopic (exact) mass is 565 g/mol. The van der Waals surface area contributed by atoms with Crippen molar-refractivity contribution in [1.82, 2.24) is 20.1 Å². The molecular formula is C29H39N7O3S. The number of nitriles is 1. The molecular weight excluding hydrogens is 526 g/mol. The molecule has 1 aromatic heterocycles. The molecule has 4 atom stereocenters. The fourth-order valence-corrected chi connectivity index (χ4v) is 6.18. The summed E-state index contributed by atoms with van der Waals surface area (Å²) in [5, 5.41) is 17.6. The van der Waals surface area contributed by atoms with E-state index in [0.717, 1.165) is 13.0 Å². The number of aromatic nitrogens is 1. The highest BCUT2D eigenvalue weighted by Gasteiger charge is 2.47. The number of hydrogen-bond acceptors (Lipinski definition) is 8. The Bertz CT molecular complexity index is 1190. The summed E-state index contributed by atoms with van der Waals surface area (Å²) in [6.45, 7) is 7.94. The van der Waals surface area contributed by atoms with Gasteiger partial charge in [-0.1, -0.05) is 43.3 Å². The Morgan fingerprint density at radius 1 is 1.15 bits per heavy atom. The highest BCUT2D eigenvalue weighted by atomic mass is 32.2. The van der Waals surface area contributed by atoms with Gasteiger partial charge < -0.3 is 20.9 Å². The first-order valence-corrected chi connectivity index (χ1v) is 14.6. The van der Waals surface area contributed by atoms with Gasteiger partial charge in [-0.05, 0) is 50.9 Å². The van der Waals surface area contributed by atoms with Crippen LogP contribution in [0.3, 0.4) is 0 Å². The van der Waals surface area contributed by atoms with E-state index in [1.54, 1.807) is 24.0 Å². The Morgan fingerprint density at radius 3 is 2.55 bits per heavy atom. The zero-order valence-electron chi connectivity index (χ0n) is 23.6. The molecule has 1 fully saturated rings. The topological polar surface area (TPSA) is 130 Å². The molecule has 1 aliphatic rings. The third kappa shape index (κ3) is 8.44. The maximum Gasteiger partial charge on any atom is 0.240 e. The fourth-order valence-electron chi connectivity index (χ4n) is 4.53. The lowest BCUT2D eigenvalue weighted by molar-refractivity contribution is -0.132. The maximum atomic E-state index is 13.2. The molecule has 0 aliphatic carbocycles. The van der Waals surface area contributed by atoms with E-state index in [-0.39, 0.29) is 30.2 Å². The molecule has 214 valence electrons. The molecule has 3 rings (SSSR count). The highest BCUT2D eigenvalue weighted by molar-refractivity contribution is 8.01. The van der Waals surface area contributed by atoms with Crippen molar-refractivity contribution in [2.75, 3.05) is 50.4 Å². The van der Waals surface area contributed by atoms with Crippen molar-refractivity contribution in [3.8, 4) is 6.07 Å². The Balaban J connectivity index is 1.52. The van der Waals surface area contributed by atoms with Crippen LogP contribution in [0.4, 0.5) is 11.6 Å². The van der Waals surface area contributed by atoms with Crippen LogP contribution in [0.15, 0.2) is 48.5 Å². The van der Waals surface area contributed by atoms with Crippen molar-refractivity contribution in [2.45, 2.75) is 37.8 Å². The normalized spacial score (nSPS) is 18.2. The van der Waals surface area contributed by atoms with E-state index in [1.807, 2.05) is 50.1 Å². The van der Waals surface area contributed by atoms with Crippen LogP contribution in [0.5, 0.6) is 0 Å². The second-order valence-electron chi connectivity index (χ2n) is 9.86. The zero-order valence-corrected chi connectivity index (χ0v) is 24.4. The largest absolute Gasteiger partial charge is 0.370 e. The summed E-state index contributed by atoms with van der Waals surface area (Å²) in [5.74, 6) is -0.569. The number of pyridine rings is 1. The smallest absolute Gasteiger partial charge is 0.240 e. The lowest BCUT2D eigenvalue weighted by atomic mass is 10.1. The van der Waals surface area contributed by atoms with E-state index in [2.05, 4.69) is 39.1 Å². The van der Waals surface area contributed by atoms with Crippen LogP contribution in [0, 0.1) is 23.2 Å². The van der Waals surface area contributed by atoms with Crippen LogP contribution in [0.1, 0.15) is 26.3 Å². The number of amides is 3. The van der Waals surface area contributed by atoms with Crippen molar-refractivity contribution >= 4 is 41.1 Å². The first-order valence-electron chi connectivity index (χ1n) is 13.6. The number of rotatable bonds is 14. The van der Waals surface area contributed by atoms with Crippen LogP contribution >= 0.6 is 11.8 Å². The number of thioether (sulfide) groups is 1. The predicted molar refractivity (Wildman–Crippen MR) is 159 cm³/mol. The summed E-state index contributed by atoms with van der Waals surface area (Å²) in [7, 11) is 1.91. The number of benzene rings is 1. The molecule has 0 radical (unpaired) electrons. The van der Waals surface area contributed by atoms with Crippen LogP contribution < -0.4 is 16.0 Å². The van der Waals surface area contributed by atoms with E-state index in [0.29, 0.717) is 31.3 Å². The minimum absolute atomic E-state index is 0.0679. The number of nitrogens with zero attached hydrogens (tertiary/aromatic N) is 4. The SMILES string of the molecule is CCNC(=O)C(C#N)[C@@H]1SC(C(C)CNc2cccc(NC(=O)CN(C)CCc3ccccc3)n2)C(=O)N1CC. The first-order chi connectivity index (χ1) is 19.3. The van der Waals surface area contributed by atoms with Gasteiger partial charge in [-0.15, -0.1) is 11.8 Å². The Kier molecular flexibility index (Phi) is 11.8. The minimum atomic E-state index is -0.932. The zero-order chi connectivity index (χ0) is 29.1. The Morgan fingerprint density at radius 2 is 1.88 bits per heavy atom. The first kappa shape index (κ1) is 30.9. The number of hydrogen-bond donors (Lipinski definition) is 3. The van der Waals surface area contributed by atoms with E-state index < -0.39 is 16.5 Å². The van der Waals surface area contributed by atoms with Gasteiger partial charge in [0.25, 0.3) is 0 Å². The third-order valence-corrected chi connectivity index (χ3v) is 8.46. The Hall–Kier alpha value is -3.62. The van der Waals surface area contributed by atoms with Gasteiger partial charge in [0.05, 0.1) is 17.9 Å². The predicted octanol–water partition coefficient (Wildman–Crippen LogP) is 2.81. The van der Waals surface area contributed by atoms with Crippen LogP contribution in [-0.2, 0) is 20.8 Å². The molecule has 1 saturated heterocycles. The average Bonchev–Trinajstić information content (AvgIpc) is 3.27. The fraction of sp³-hybridized carbons (Fsp3) is 0.483. The second-order valence-corrected chi connectivity index (χ2v) is 11.1. The number of anilines is 2. The summed E-state index contributed by atoms with van der Waals surface area (Å²) in [5.41, 5.74) is 1.23. The van der Waals surface area contributed by atoms with Crippen molar-refractivity contribution in [3.05, 3.63) is 54.1 Å². The quantitative estimate of drug-likeness (QED) is 0.319. The van der Waals surface area contributed by atoms with Crippen LogP contribution in [0.2, 0.25) is 0 Å². The van der Waals surface area contributed by atoms with E-state index >= 15 is 0 Å². The van der Waals surface area contributed by atoms with E-state index in [4.69, 9.17) is 0 Å². The van der Waals surface area contributed by atoms with Gasteiger partial charge in [-0.3, -0.25) is 19.3 Å². The van der Waals surface area contributed by atoms with Crippen molar-refractivity contribution < 1.29 is 14.4 Å². The molecule has 3 unspecified atom stereocenters. The third-order valence-electron chi connectivity index (χ3n) is 6.70. The number of likely N-dealkylation sites (N-methyl/N-ethyl adjacent to an activating group) is 1. The van der Waals surface area contributed by atoms with Gasteiger partial charge in [0.15, 0.2) is 5.92 Å². The van der Waals surface area contributed by atoms with Crippen molar-refractivity contribution in [2.24, 2.45) is 11.8 Å². The summed E-state index contributed by atoms with van der Waals surface area (Å²) >= 11 is 1.37. The van der Waals surface area contributed by atoms with Gasteiger partial charge in [0.1, 0.15) is 17.0 Å². The van der Waals surface area contributed by atoms with E-state index in [9.17, 15) is 19.6 Å². The van der Waals surface area contributed by atoms with Crippen LogP contribution in [0.25, 0.3) is 0 Å². The standard InChI is InChI=1S/C29H39N7O3S/c1-5-31-27(38)22(17-30)29-36(6-2)28(39)26(40-29)20(3)18-32-23-13-10-14-24(33-23)34-25(37)19-35(4)16-15-21-11-8-7-9-12-21/h7-14,20,22,26,29H,5-6,15-16,18-19H2,1-4H3,(H,31,38)(H2,32,33,34,37)/t20?,22?,26?,29-/m0/s1. The lowest BCUT2D eigenvalue weighted by Gasteiger charge is -2.25. The minimum Gasteiger partial charge on any atom is -0.370 e. The average molecular weight is 566 g/mol. The van der Waals surface area contributed by atoms with Gasteiger partial charge in [-0.2, -0.15) is 5.26 Å². The number of carbonyl (C=O) groups excluding carboxylic acids is 3. The molecule has 0 spiro atoms. The van der Waals surface area contributed by atoms with Gasteiger partial charge in [0, 0.05) is 26.2 Å². The molecule has 2 aromatic rings. The van der Waals surface area contributed by atoms with Gasteiger partial charge in [0.2, 0.25) is 17.7 Å². The summed E-state index contributed by atoms with van der Waals surface area (Å²) in [6.07, 6.45) is 0.863. The van der Waals surface area contributed by atoms with Crippen molar-refractivity contribution in [3.63, 3.8) is 0 Å². The Labute approximate surface area is 240 Å². The molecule has 11 heteroatoms. The van der Waals surface area contributed by atoms with Gasteiger partial charge in [-0.25, -0.2) is 4.98 Å². The molecule has 2 heterocycles. The molecule has 0 bridgehead atoms. The second kappa shape index (κ2) is 15.2. The molecule has 0 saturated carbocycles. The molecule has 3 amide bonds. The number of nitrogens with one attached hydrogen (secondary N) is 3. The lowest BCUT2D eigenvalue weighted by Crippen LogP contribution is -2.44. The molecule has 40 heavy (non-hydrogen) atoms. The number of carbonyl (C=O) groups is 3. The molecule has 1 aromatic carbocycles. The maximum absolute atomic E-state index is 13.2. The molecule has 1 aliphatic heterocycles. The molecule has 3 N–H and O–H groups in total. The van der Waals surface area contributed by atoms with Crippen LogP contribution in [-0.4, -0.2) is 82.9 Å².